The fourth-order valence-corrected chi connectivity index (χ4v) is 0.559. The van der Waals surface area contributed by atoms with Crippen molar-refractivity contribution in [2.75, 3.05) is 5.75 Å². The third-order valence-electron chi connectivity index (χ3n) is 0.366. The molecule has 0 N–H and O–H groups in total. The summed E-state index contributed by atoms with van der Waals surface area (Å²) in [4.78, 5) is 0. The van der Waals surface area contributed by atoms with Gasteiger partial charge in [0.05, 0.1) is 0 Å². The Bertz CT molecular complexity index is 44.9. The molecule has 26 valence electrons. The zero-order chi connectivity index (χ0) is 3.54. The summed E-state index contributed by atoms with van der Waals surface area (Å²) in [6.07, 6.45) is 4.59. The van der Waals surface area contributed by atoms with Crippen molar-refractivity contribution >= 4 is 18.2 Å². The van der Waals surface area contributed by atoms with Crippen LogP contribution in [0.3, 0.4) is 0 Å². The molecular weight excluding hydrogens is 82.1 g/mol. The Balaban J connectivity index is 2.32. The maximum Gasteiger partial charge on any atom is 0.0420 e. The lowest BCUT2D eigenvalue weighted by atomic mass is 10.6. The molecule has 0 saturated carbocycles. The minimum absolute atomic E-state index is 0.944. The van der Waals surface area contributed by atoms with E-state index < -0.39 is 0 Å². The van der Waals surface area contributed by atoms with Gasteiger partial charge in [0.1, 0.15) is 0 Å². The van der Waals surface area contributed by atoms with Gasteiger partial charge < -0.3 is 0 Å². The second kappa shape index (κ2) is 1.45. The van der Waals surface area contributed by atoms with Crippen LogP contribution in [-0.2, 0) is 0 Å². The van der Waals surface area contributed by atoms with Gasteiger partial charge in [0.2, 0.25) is 0 Å². The molecule has 1 nitrogen and oxygen atoms in total. The zero-order valence-electron chi connectivity index (χ0n) is 2.64. The van der Waals surface area contributed by atoms with E-state index in [-0.39, 0.29) is 0 Å². The van der Waals surface area contributed by atoms with Gasteiger partial charge in [0, 0.05) is 18.4 Å². The molecule has 1 heterocycles. The third kappa shape index (κ3) is 0.651. The summed E-state index contributed by atoms with van der Waals surface area (Å²) in [5, 5.41) is 0. The largest absolute Gasteiger partial charge is 0.228 e. The predicted molar refractivity (Wildman–Crippen MR) is 24.2 cm³/mol. The molecular formula is C3H3NS. The summed E-state index contributed by atoms with van der Waals surface area (Å²) in [6, 6.07) is 0. The molecule has 0 fully saturated rings. The van der Waals surface area contributed by atoms with E-state index in [4.69, 9.17) is 0 Å². The minimum atomic E-state index is 0.944. The molecule has 1 rings (SSSR count). The maximum atomic E-state index is 3.76. The molecule has 2 radical (unpaired) electrons. The Labute approximate surface area is 35.6 Å². The van der Waals surface area contributed by atoms with Crippen LogP contribution in [0.25, 0.3) is 0 Å². The smallest absolute Gasteiger partial charge is 0.0420 e. The quantitative estimate of drug-likeness (QED) is 0.396. The topological polar surface area (TPSA) is 12.4 Å². The maximum absolute atomic E-state index is 3.76. The molecule has 0 atom stereocenters. The molecule has 0 aromatic carbocycles. The molecule has 1 aliphatic heterocycles. The number of rotatable bonds is 0. The lowest BCUT2D eigenvalue weighted by molar-refractivity contribution is 1.74. The molecule has 5 heavy (non-hydrogen) atoms. The Morgan fingerprint density at radius 2 is 3.00 bits per heavy atom. The first kappa shape index (κ1) is 3.22. The van der Waals surface area contributed by atoms with Crippen molar-refractivity contribution in [1.82, 2.24) is 0 Å². The molecule has 0 aromatic rings. The Morgan fingerprint density at radius 3 is 3.20 bits per heavy atom. The molecule has 0 amide bonds. The second-order valence-electron chi connectivity index (χ2n) is 0.712. The van der Waals surface area contributed by atoms with Gasteiger partial charge in [-0.1, -0.05) is 0 Å². The van der Waals surface area contributed by atoms with Gasteiger partial charge in [-0.2, -0.15) is 0 Å². The first-order valence-electron chi connectivity index (χ1n) is 1.37. The number of nitrogens with zero attached hydrogens (tertiary/aromatic N) is 1. The highest BCUT2D eigenvalue weighted by Crippen LogP contribution is 2.06. The summed E-state index contributed by atoms with van der Waals surface area (Å²) in [6.45, 7) is 0. The summed E-state index contributed by atoms with van der Waals surface area (Å²) < 4.78 is 3.76. The molecule has 0 aromatic heterocycles. The number of hydrogen-bond donors (Lipinski definition) is 0. The standard InChI is InChI=1S/C3H3NS/c1-2-4-5-3-1/h2H,3H2. The Kier molecular flexibility index (Phi) is 0.937. The van der Waals surface area contributed by atoms with Gasteiger partial charge in [-0.25, -0.2) is 4.40 Å². The van der Waals surface area contributed by atoms with Crippen molar-refractivity contribution in [3.8, 4) is 0 Å². The van der Waals surface area contributed by atoms with Crippen molar-refractivity contribution in [2.24, 2.45) is 4.40 Å². The van der Waals surface area contributed by atoms with E-state index in [2.05, 4.69) is 10.8 Å². The van der Waals surface area contributed by atoms with Gasteiger partial charge in [0.15, 0.2) is 0 Å². The van der Waals surface area contributed by atoms with Crippen molar-refractivity contribution in [3.63, 3.8) is 0 Å². The van der Waals surface area contributed by atoms with Crippen LogP contribution in [0.2, 0.25) is 0 Å². The van der Waals surface area contributed by atoms with Crippen molar-refractivity contribution < 1.29 is 0 Å². The fraction of sp³-hybridized carbons (Fsp3) is 0.333. The second-order valence-corrected chi connectivity index (χ2v) is 1.47. The highest BCUT2D eigenvalue weighted by Gasteiger charge is 1.88. The highest BCUT2D eigenvalue weighted by molar-refractivity contribution is 7.98. The van der Waals surface area contributed by atoms with E-state index in [9.17, 15) is 0 Å². The molecule has 1 aliphatic rings. The van der Waals surface area contributed by atoms with E-state index in [1.165, 1.54) is 11.9 Å². The van der Waals surface area contributed by atoms with Crippen LogP contribution in [0.1, 0.15) is 0 Å². The normalized spacial score (nSPS) is 20.8. The van der Waals surface area contributed by atoms with Crippen molar-refractivity contribution in [3.05, 3.63) is 6.42 Å². The average Bonchev–Trinajstić information content (AvgIpc) is 1.76. The van der Waals surface area contributed by atoms with Gasteiger partial charge in [-0.05, 0) is 11.9 Å². The van der Waals surface area contributed by atoms with Crippen LogP contribution in [0.15, 0.2) is 4.40 Å². The predicted octanol–water partition coefficient (Wildman–Crippen LogP) is 0.800. The van der Waals surface area contributed by atoms with Crippen LogP contribution >= 0.6 is 11.9 Å². The van der Waals surface area contributed by atoms with Gasteiger partial charge >= 0.3 is 0 Å². The van der Waals surface area contributed by atoms with E-state index in [0.717, 1.165) is 5.75 Å². The zero-order valence-corrected chi connectivity index (χ0v) is 3.46. The van der Waals surface area contributed by atoms with Gasteiger partial charge in [-0.15, -0.1) is 0 Å². The molecule has 2 heteroatoms. The van der Waals surface area contributed by atoms with Crippen molar-refractivity contribution in [1.29, 1.82) is 0 Å². The van der Waals surface area contributed by atoms with Crippen LogP contribution in [-0.4, -0.2) is 12.0 Å². The molecule has 0 aliphatic carbocycles. The van der Waals surface area contributed by atoms with Crippen LogP contribution in [0, 0.1) is 6.42 Å². The molecule has 0 bridgehead atoms. The van der Waals surface area contributed by atoms with Gasteiger partial charge in [-0.3, -0.25) is 0 Å². The van der Waals surface area contributed by atoms with Gasteiger partial charge in [0.25, 0.3) is 0 Å². The Hall–Kier alpha value is 0.0200. The highest BCUT2D eigenvalue weighted by atomic mass is 32.2. The summed E-state index contributed by atoms with van der Waals surface area (Å²) >= 11 is 1.53. The summed E-state index contributed by atoms with van der Waals surface area (Å²) in [7, 11) is 0. The average molecular weight is 85.1 g/mol. The van der Waals surface area contributed by atoms with Crippen molar-refractivity contribution in [2.45, 2.75) is 0 Å². The summed E-state index contributed by atoms with van der Waals surface area (Å²) in [5.74, 6) is 0.944. The third-order valence-corrected chi connectivity index (χ3v) is 0.917. The molecule has 0 unspecified atom stereocenters. The molecule has 0 saturated heterocycles. The van der Waals surface area contributed by atoms with E-state index in [0.29, 0.717) is 0 Å². The van der Waals surface area contributed by atoms with E-state index in [1.807, 2.05) is 0 Å². The SMILES string of the molecule is [C]1C=NSC1. The monoisotopic (exact) mass is 85.0 g/mol. The Morgan fingerprint density at radius 1 is 2.00 bits per heavy atom. The lowest BCUT2D eigenvalue weighted by Gasteiger charge is -1.65. The fourth-order valence-electron chi connectivity index (χ4n) is 0.186. The van der Waals surface area contributed by atoms with Crippen LogP contribution in [0.4, 0.5) is 0 Å². The lowest BCUT2D eigenvalue weighted by Crippen LogP contribution is -1.65. The summed E-state index contributed by atoms with van der Waals surface area (Å²) in [5.41, 5.74) is 0. The van der Waals surface area contributed by atoms with E-state index in [1.54, 1.807) is 6.21 Å². The van der Waals surface area contributed by atoms with Crippen LogP contribution in [0.5, 0.6) is 0 Å². The van der Waals surface area contributed by atoms with E-state index >= 15 is 0 Å². The minimum Gasteiger partial charge on any atom is -0.228 e. The number of hydrogen-bond acceptors (Lipinski definition) is 2. The first-order valence-corrected chi connectivity index (χ1v) is 2.31. The first-order chi connectivity index (χ1) is 2.50. The molecule has 0 spiro atoms. The van der Waals surface area contributed by atoms with Crippen LogP contribution < -0.4 is 0 Å².